The summed E-state index contributed by atoms with van der Waals surface area (Å²) in [6.07, 6.45) is -2.23. The smallest absolute Gasteiger partial charge is 0.405 e. The second-order valence-electron chi connectivity index (χ2n) is 6.21. The molecule has 1 aliphatic rings. The third kappa shape index (κ3) is 7.56. The highest BCUT2D eigenvalue weighted by molar-refractivity contribution is 14.0. The van der Waals surface area contributed by atoms with E-state index in [1.165, 1.54) is 25.0 Å². The summed E-state index contributed by atoms with van der Waals surface area (Å²) in [4.78, 5) is 6.44. The van der Waals surface area contributed by atoms with Gasteiger partial charge in [0, 0.05) is 37.8 Å². The molecule has 0 saturated heterocycles. The summed E-state index contributed by atoms with van der Waals surface area (Å²) in [5.74, 6) is 0.331. The second-order valence-corrected chi connectivity index (χ2v) is 6.21. The molecular formula is C17H26F3IN4O. The second kappa shape index (κ2) is 10.2. The van der Waals surface area contributed by atoms with Gasteiger partial charge in [0.15, 0.2) is 5.96 Å². The number of para-hydroxylation sites is 1. The van der Waals surface area contributed by atoms with Crippen LogP contribution in [0, 0.1) is 0 Å². The highest BCUT2D eigenvalue weighted by atomic mass is 127. The van der Waals surface area contributed by atoms with Crippen LogP contribution in [0.2, 0.25) is 0 Å². The molecule has 1 fully saturated rings. The number of hydrogen-bond donors (Lipinski definition) is 2. The molecule has 0 radical (unpaired) electrons. The van der Waals surface area contributed by atoms with Gasteiger partial charge in [0.1, 0.15) is 5.75 Å². The van der Waals surface area contributed by atoms with Gasteiger partial charge in [-0.2, -0.15) is 0 Å². The van der Waals surface area contributed by atoms with Gasteiger partial charge in [-0.3, -0.25) is 9.89 Å². The lowest BCUT2D eigenvalue weighted by molar-refractivity contribution is -0.274. The van der Waals surface area contributed by atoms with Crippen LogP contribution in [-0.2, 0) is 6.54 Å². The molecule has 2 N–H and O–H groups in total. The summed E-state index contributed by atoms with van der Waals surface area (Å²) in [6.45, 7) is 3.01. The minimum absolute atomic E-state index is 0. The summed E-state index contributed by atoms with van der Waals surface area (Å²) >= 11 is 0. The molecule has 0 heterocycles. The van der Waals surface area contributed by atoms with Crippen molar-refractivity contribution in [2.75, 3.05) is 20.6 Å². The molecule has 2 rings (SSSR count). The van der Waals surface area contributed by atoms with E-state index in [0.29, 0.717) is 30.2 Å². The molecule has 0 bridgehead atoms. The number of alkyl halides is 3. The highest BCUT2D eigenvalue weighted by Gasteiger charge is 2.32. The van der Waals surface area contributed by atoms with E-state index in [-0.39, 0.29) is 36.3 Å². The van der Waals surface area contributed by atoms with E-state index < -0.39 is 6.36 Å². The molecule has 1 atom stereocenters. The first-order chi connectivity index (χ1) is 11.8. The number of halogens is 4. The topological polar surface area (TPSA) is 48.9 Å². The largest absolute Gasteiger partial charge is 0.573 e. The maximum atomic E-state index is 12.5. The average molecular weight is 486 g/mol. The number of hydrogen-bond acceptors (Lipinski definition) is 3. The van der Waals surface area contributed by atoms with Crippen molar-refractivity contribution in [1.29, 1.82) is 0 Å². The minimum atomic E-state index is -4.71. The Morgan fingerprint density at radius 1 is 1.31 bits per heavy atom. The number of nitrogens with zero attached hydrogens (tertiary/aromatic N) is 2. The summed E-state index contributed by atoms with van der Waals surface area (Å²) in [5, 5.41) is 6.23. The third-order valence-electron chi connectivity index (χ3n) is 4.25. The Labute approximate surface area is 169 Å². The lowest BCUT2D eigenvalue weighted by Crippen LogP contribution is -2.45. The lowest BCUT2D eigenvalue weighted by Gasteiger charge is -2.25. The number of likely N-dealkylation sites (N-methyl/N-ethyl adjacent to an activating group) is 1. The van der Waals surface area contributed by atoms with Crippen LogP contribution in [0.25, 0.3) is 0 Å². The Balaban J connectivity index is 0.00000338. The van der Waals surface area contributed by atoms with Crippen LogP contribution in [0.4, 0.5) is 13.2 Å². The maximum Gasteiger partial charge on any atom is 0.573 e. The maximum absolute atomic E-state index is 12.5. The van der Waals surface area contributed by atoms with E-state index in [4.69, 9.17) is 0 Å². The van der Waals surface area contributed by atoms with E-state index in [0.717, 1.165) is 0 Å². The third-order valence-corrected chi connectivity index (χ3v) is 4.25. The van der Waals surface area contributed by atoms with Gasteiger partial charge in [0.05, 0.1) is 0 Å². The van der Waals surface area contributed by atoms with E-state index in [1.54, 1.807) is 19.2 Å². The van der Waals surface area contributed by atoms with Crippen LogP contribution in [-0.4, -0.2) is 49.9 Å². The van der Waals surface area contributed by atoms with Crippen molar-refractivity contribution >= 4 is 29.9 Å². The summed E-state index contributed by atoms with van der Waals surface area (Å²) < 4.78 is 41.4. The number of guanidine groups is 1. The molecule has 9 heteroatoms. The average Bonchev–Trinajstić information content (AvgIpc) is 3.39. The lowest BCUT2D eigenvalue weighted by atomic mass is 10.2. The Bertz CT molecular complexity index is 594. The van der Waals surface area contributed by atoms with Crippen molar-refractivity contribution in [3.05, 3.63) is 29.8 Å². The Morgan fingerprint density at radius 2 is 1.96 bits per heavy atom. The number of aliphatic imine (C=N–C) groups is 1. The van der Waals surface area contributed by atoms with Crippen molar-refractivity contribution in [3.8, 4) is 5.75 Å². The van der Waals surface area contributed by atoms with Gasteiger partial charge in [-0.05, 0) is 32.9 Å². The molecule has 26 heavy (non-hydrogen) atoms. The normalized spacial score (nSPS) is 16.0. The van der Waals surface area contributed by atoms with E-state index in [2.05, 4.69) is 39.2 Å². The Kier molecular flexibility index (Phi) is 8.94. The molecule has 1 aromatic carbocycles. The number of benzene rings is 1. The van der Waals surface area contributed by atoms with Crippen molar-refractivity contribution < 1.29 is 17.9 Å². The molecule has 148 valence electrons. The first-order valence-corrected chi connectivity index (χ1v) is 8.30. The fourth-order valence-electron chi connectivity index (χ4n) is 2.50. The zero-order chi connectivity index (χ0) is 18.4. The zero-order valence-electron chi connectivity index (χ0n) is 15.1. The first-order valence-electron chi connectivity index (χ1n) is 8.30. The molecule has 0 amide bonds. The number of nitrogens with one attached hydrogen (secondary N) is 2. The fourth-order valence-corrected chi connectivity index (χ4v) is 2.50. The van der Waals surface area contributed by atoms with Crippen LogP contribution in [0.3, 0.4) is 0 Å². The van der Waals surface area contributed by atoms with Crippen molar-refractivity contribution in [2.24, 2.45) is 4.99 Å². The van der Waals surface area contributed by atoms with Gasteiger partial charge in [0.25, 0.3) is 0 Å². The predicted molar refractivity (Wildman–Crippen MR) is 107 cm³/mol. The molecule has 0 aliphatic heterocycles. The summed E-state index contributed by atoms with van der Waals surface area (Å²) in [7, 11) is 3.73. The van der Waals surface area contributed by atoms with Crippen molar-refractivity contribution in [1.82, 2.24) is 15.5 Å². The highest BCUT2D eigenvalue weighted by Crippen LogP contribution is 2.27. The van der Waals surface area contributed by atoms with Crippen LogP contribution in [0.15, 0.2) is 29.3 Å². The van der Waals surface area contributed by atoms with E-state index >= 15 is 0 Å². The van der Waals surface area contributed by atoms with Crippen LogP contribution in [0.1, 0.15) is 25.3 Å². The van der Waals surface area contributed by atoms with Crippen molar-refractivity contribution in [2.45, 2.75) is 44.8 Å². The summed E-state index contributed by atoms with van der Waals surface area (Å²) in [5.41, 5.74) is 0.408. The van der Waals surface area contributed by atoms with Crippen LogP contribution < -0.4 is 15.4 Å². The zero-order valence-corrected chi connectivity index (χ0v) is 17.5. The molecule has 0 spiro atoms. The van der Waals surface area contributed by atoms with Gasteiger partial charge >= 0.3 is 6.36 Å². The molecule has 1 aromatic rings. The minimum Gasteiger partial charge on any atom is -0.405 e. The Morgan fingerprint density at radius 3 is 2.54 bits per heavy atom. The standard InChI is InChI=1S/C17H25F3N4O.HI/c1-12(24(3)14-8-9-14)10-22-16(21-2)23-11-13-6-4-5-7-15(13)25-17(18,19)20;/h4-7,12,14H,8-11H2,1-3H3,(H2,21,22,23);1H. The predicted octanol–water partition coefficient (Wildman–Crippen LogP) is 3.35. The quantitative estimate of drug-likeness (QED) is 0.353. The van der Waals surface area contributed by atoms with E-state index in [9.17, 15) is 13.2 Å². The van der Waals surface area contributed by atoms with Gasteiger partial charge in [0.2, 0.25) is 0 Å². The molecular weight excluding hydrogens is 460 g/mol. The van der Waals surface area contributed by atoms with Crippen LogP contribution >= 0.6 is 24.0 Å². The SMILES string of the molecule is CN=C(NCc1ccccc1OC(F)(F)F)NCC(C)N(C)C1CC1.I. The van der Waals surface area contributed by atoms with Gasteiger partial charge in [-0.1, -0.05) is 18.2 Å². The molecule has 5 nitrogen and oxygen atoms in total. The fraction of sp³-hybridized carbons (Fsp3) is 0.588. The first kappa shape index (κ1) is 22.8. The van der Waals surface area contributed by atoms with Crippen molar-refractivity contribution in [3.63, 3.8) is 0 Å². The van der Waals surface area contributed by atoms with E-state index in [1.807, 2.05) is 0 Å². The van der Waals surface area contributed by atoms with Gasteiger partial charge in [-0.25, -0.2) is 0 Å². The summed E-state index contributed by atoms with van der Waals surface area (Å²) in [6, 6.07) is 7.07. The number of rotatable bonds is 7. The molecule has 1 aliphatic carbocycles. The monoisotopic (exact) mass is 486 g/mol. The molecule has 0 aromatic heterocycles. The molecule has 1 saturated carbocycles. The molecule has 1 unspecified atom stereocenters. The Hall–Kier alpha value is -1.23. The van der Waals surface area contributed by atoms with Gasteiger partial charge < -0.3 is 15.4 Å². The van der Waals surface area contributed by atoms with Gasteiger partial charge in [-0.15, -0.1) is 37.1 Å². The van der Waals surface area contributed by atoms with Crippen LogP contribution in [0.5, 0.6) is 5.75 Å². The number of ether oxygens (including phenoxy) is 1.